The molecule has 2 heterocycles. The van der Waals surface area contributed by atoms with Gasteiger partial charge in [-0.1, -0.05) is 61.2 Å². The number of carbonyl (C=O) groups excluding carboxylic acids is 1. The monoisotopic (exact) mass is 455 g/mol. The molecule has 3 aromatic carbocycles. The minimum Gasteiger partial charge on any atom is -0.490 e. The molecule has 166 valence electrons. The zero-order valence-corrected chi connectivity index (χ0v) is 19.1. The van der Waals surface area contributed by atoms with E-state index in [1.807, 2.05) is 30.3 Å². The number of aliphatic imine (C=N–C) groups is 1. The number of piperazine rings is 1. The van der Waals surface area contributed by atoms with Crippen molar-refractivity contribution in [3.05, 3.63) is 89.9 Å². The van der Waals surface area contributed by atoms with Crippen LogP contribution in [0.4, 0.5) is 5.69 Å². The van der Waals surface area contributed by atoms with Crippen molar-refractivity contribution in [2.45, 2.75) is 0 Å². The van der Waals surface area contributed by atoms with Gasteiger partial charge in [0.15, 0.2) is 5.17 Å². The number of benzene rings is 3. The minimum atomic E-state index is -0.168. The largest absolute Gasteiger partial charge is 0.490 e. The van der Waals surface area contributed by atoms with Crippen LogP contribution in [0.25, 0.3) is 16.8 Å². The first-order chi connectivity index (χ1) is 16.2. The van der Waals surface area contributed by atoms with Crippen LogP contribution >= 0.6 is 11.8 Å². The molecule has 6 heteroatoms. The summed E-state index contributed by atoms with van der Waals surface area (Å²) in [7, 11) is 0. The number of hydrogen-bond acceptors (Lipinski definition) is 5. The molecular formula is C27H25N3O2S. The fraction of sp³-hybridized carbons (Fsp3) is 0.185. The first-order valence-electron chi connectivity index (χ1n) is 11.1. The van der Waals surface area contributed by atoms with Crippen molar-refractivity contribution in [3.8, 4) is 5.75 Å². The van der Waals surface area contributed by atoms with E-state index in [4.69, 9.17) is 4.74 Å². The van der Waals surface area contributed by atoms with E-state index >= 15 is 0 Å². The van der Waals surface area contributed by atoms with E-state index in [1.165, 1.54) is 28.2 Å². The van der Waals surface area contributed by atoms with E-state index in [0.29, 0.717) is 11.5 Å². The van der Waals surface area contributed by atoms with Gasteiger partial charge >= 0.3 is 0 Å². The fourth-order valence-electron chi connectivity index (χ4n) is 4.12. The number of amidine groups is 1. The highest BCUT2D eigenvalue weighted by Crippen LogP contribution is 2.32. The molecule has 2 aliphatic heterocycles. The van der Waals surface area contributed by atoms with Crippen LogP contribution in [0.5, 0.6) is 5.75 Å². The van der Waals surface area contributed by atoms with Crippen molar-refractivity contribution < 1.29 is 9.53 Å². The molecule has 0 aromatic heterocycles. The topological polar surface area (TPSA) is 45.1 Å². The van der Waals surface area contributed by atoms with Crippen LogP contribution in [0.1, 0.15) is 5.56 Å². The van der Waals surface area contributed by atoms with Crippen LogP contribution in [-0.4, -0.2) is 48.8 Å². The van der Waals surface area contributed by atoms with Gasteiger partial charge in [-0.15, -0.1) is 0 Å². The number of rotatable bonds is 5. The maximum Gasteiger partial charge on any atom is 0.286 e. The van der Waals surface area contributed by atoms with Gasteiger partial charge < -0.3 is 14.5 Å². The van der Waals surface area contributed by atoms with E-state index < -0.39 is 0 Å². The molecule has 0 N–H and O–H groups in total. The summed E-state index contributed by atoms with van der Waals surface area (Å²) in [4.78, 5) is 22.2. The van der Waals surface area contributed by atoms with Crippen LogP contribution in [0, 0.1) is 0 Å². The van der Waals surface area contributed by atoms with Gasteiger partial charge in [0.1, 0.15) is 12.4 Å². The van der Waals surface area contributed by atoms with Crippen LogP contribution in [-0.2, 0) is 4.79 Å². The highest BCUT2D eigenvalue weighted by atomic mass is 32.2. The van der Waals surface area contributed by atoms with Crippen molar-refractivity contribution in [3.63, 3.8) is 0 Å². The third-order valence-electron chi connectivity index (χ3n) is 5.81. The maximum atomic E-state index is 12.5. The second-order valence-electron chi connectivity index (χ2n) is 7.95. The molecule has 5 rings (SSSR count). The van der Waals surface area contributed by atoms with Crippen LogP contribution in [0.3, 0.4) is 0 Å². The summed E-state index contributed by atoms with van der Waals surface area (Å²) in [5.74, 6) is 0.613. The van der Waals surface area contributed by atoms with Gasteiger partial charge in [-0.05, 0) is 47.0 Å². The summed E-state index contributed by atoms with van der Waals surface area (Å²) < 4.78 is 5.52. The SMILES string of the molecule is C=CCOc1ccc(C=C2SC(N3CCN(c4cccc5ccccc45)CC3)=NC2=O)cc1. The van der Waals surface area contributed by atoms with Gasteiger partial charge in [-0.2, -0.15) is 4.99 Å². The Kier molecular flexibility index (Phi) is 6.17. The Balaban J connectivity index is 1.23. The van der Waals surface area contributed by atoms with Crippen molar-refractivity contribution in [2.75, 3.05) is 37.7 Å². The van der Waals surface area contributed by atoms with E-state index in [2.05, 4.69) is 63.8 Å². The number of fused-ring (bicyclic) bond motifs is 1. The molecule has 0 saturated carbocycles. The summed E-state index contributed by atoms with van der Waals surface area (Å²) in [6, 6.07) is 22.7. The van der Waals surface area contributed by atoms with E-state index in [0.717, 1.165) is 42.7 Å². The fourth-order valence-corrected chi connectivity index (χ4v) is 5.09. The number of thioether (sulfide) groups is 1. The maximum absolute atomic E-state index is 12.5. The number of carbonyl (C=O) groups is 1. The average Bonchev–Trinajstić information content (AvgIpc) is 3.23. The van der Waals surface area contributed by atoms with E-state index in [9.17, 15) is 4.79 Å². The Bertz CT molecular complexity index is 1240. The number of hydrogen-bond donors (Lipinski definition) is 0. The average molecular weight is 456 g/mol. The molecule has 0 radical (unpaired) electrons. The molecule has 0 unspecified atom stereocenters. The molecular weight excluding hydrogens is 430 g/mol. The summed E-state index contributed by atoms with van der Waals surface area (Å²) >= 11 is 1.46. The lowest BCUT2D eigenvalue weighted by atomic mass is 10.1. The summed E-state index contributed by atoms with van der Waals surface area (Å²) in [5.41, 5.74) is 2.22. The van der Waals surface area contributed by atoms with Crippen LogP contribution in [0.2, 0.25) is 0 Å². The summed E-state index contributed by atoms with van der Waals surface area (Å²) in [6.07, 6.45) is 3.61. The summed E-state index contributed by atoms with van der Waals surface area (Å²) in [6.45, 7) is 7.59. The number of amides is 1. The van der Waals surface area contributed by atoms with Crippen LogP contribution in [0.15, 0.2) is 89.3 Å². The molecule has 1 fully saturated rings. The third-order valence-corrected chi connectivity index (χ3v) is 6.86. The Morgan fingerprint density at radius 2 is 1.67 bits per heavy atom. The zero-order chi connectivity index (χ0) is 22.6. The minimum absolute atomic E-state index is 0.168. The molecule has 1 saturated heterocycles. The van der Waals surface area contributed by atoms with Crippen molar-refractivity contribution in [1.82, 2.24) is 4.90 Å². The molecule has 0 atom stereocenters. The smallest absolute Gasteiger partial charge is 0.286 e. The van der Waals surface area contributed by atoms with Crippen molar-refractivity contribution in [1.29, 1.82) is 0 Å². The predicted octanol–water partition coefficient (Wildman–Crippen LogP) is 5.20. The summed E-state index contributed by atoms with van der Waals surface area (Å²) in [5, 5.41) is 3.34. The normalized spacial score (nSPS) is 17.5. The Morgan fingerprint density at radius 3 is 2.45 bits per heavy atom. The molecule has 3 aromatic rings. The molecule has 0 spiro atoms. The standard InChI is InChI=1S/C27H25N3O2S/c1-2-18-32-22-12-10-20(11-13-22)19-25-26(31)28-27(33-25)30-16-14-29(15-17-30)24-9-5-7-21-6-3-4-8-23(21)24/h2-13,19H,1,14-18H2. The Hall–Kier alpha value is -3.51. The first-order valence-corrected chi connectivity index (χ1v) is 11.9. The van der Waals surface area contributed by atoms with E-state index in [-0.39, 0.29) is 5.91 Å². The van der Waals surface area contributed by atoms with Gasteiger partial charge in [0.05, 0.1) is 4.91 Å². The van der Waals surface area contributed by atoms with Gasteiger partial charge in [0, 0.05) is 37.3 Å². The lowest BCUT2D eigenvalue weighted by Crippen LogP contribution is -2.47. The number of ether oxygens (including phenoxy) is 1. The second-order valence-corrected chi connectivity index (χ2v) is 8.96. The molecule has 2 aliphatic rings. The van der Waals surface area contributed by atoms with Crippen molar-refractivity contribution in [2.24, 2.45) is 4.99 Å². The van der Waals surface area contributed by atoms with Gasteiger partial charge in [0.25, 0.3) is 5.91 Å². The first kappa shape index (κ1) is 21.3. The molecule has 5 nitrogen and oxygen atoms in total. The van der Waals surface area contributed by atoms with E-state index in [1.54, 1.807) is 6.08 Å². The molecule has 33 heavy (non-hydrogen) atoms. The number of anilines is 1. The highest BCUT2D eigenvalue weighted by Gasteiger charge is 2.28. The molecule has 0 bridgehead atoms. The zero-order valence-electron chi connectivity index (χ0n) is 18.3. The highest BCUT2D eigenvalue weighted by molar-refractivity contribution is 8.18. The van der Waals surface area contributed by atoms with Gasteiger partial charge in [-0.25, -0.2) is 0 Å². The Labute approximate surface area is 198 Å². The lowest BCUT2D eigenvalue weighted by Gasteiger charge is -2.37. The second kappa shape index (κ2) is 9.55. The molecule has 0 aliphatic carbocycles. The van der Waals surface area contributed by atoms with Gasteiger partial charge in [-0.3, -0.25) is 4.79 Å². The van der Waals surface area contributed by atoms with Gasteiger partial charge in [0.2, 0.25) is 0 Å². The predicted molar refractivity (Wildman–Crippen MR) is 138 cm³/mol. The third kappa shape index (κ3) is 4.66. The van der Waals surface area contributed by atoms with Crippen molar-refractivity contribution >= 4 is 45.4 Å². The van der Waals surface area contributed by atoms with Crippen LogP contribution < -0.4 is 9.64 Å². The quantitative estimate of drug-likeness (QED) is 0.391. The lowest BCUT2D eigenvalue weighted by molar-refractivity contribution is -0.113. The molecule has 1 amide bonds. The number of nitrogens with zero attached hydrogens (tertiary/aromatic N) is 3. The Morgan fingerprint density at radius 1 is 0.939 bits per heavy atom.